The summed E-state index contributed by atoms with van der Waals surface area (Å²) in [5, 5.41) is 0.737. The van der Waals surface area contributed by atoms with E-state index in [0.717, 1.165) is 31.2 Å². The molecule has 0 aliphatic heterocycles. The van der Waals surface area contributed by atoms with Gasteiger partial charge in [-0.25, -0.2) is 0 Å². The molecule has 0 amide bonds. The summed E-state index contributed by atoms with van der Waals surface area (Å²) in [5.41, 5.74) is 1.69. The molecular weight excluding hydrogens is 280 g/mol. The smallest absolute Gasteiger partial charge is 0.167 e. The number of rotatable bonds is 7. The van der Waals surface area contributed by atoms with Crippen molar-refractivity contribution in [1.82, 2.24) is 0 Å². The topological polar surface area (TPSA) is 18.5 Å². The van der Waals surface area contributed by atoms with Gasteiger partial charge in [-0.15, -0.1) is 0 Å². The van der Waals surface area contributed by atoms with E-state index in [1.807, 2.05) is 0 Å². The highest BCUT2D eigenvalue weighted by Gasteiger charge is 2.32. The zero-order valence-corrected chi connectivity index (χ0v) is 13.0. The van der Waals surface area contributed by atoms with Crippen molar-refractivity contribution in [2.75, 3.05) is 11.9 Å². The van der Waals surface area contributed by atoms with Crippen LogP contribution in [0.2, 0.25) is 0 Å². The van der Waals surface area contributed by atoms with Crippen LogP contribution in [-0.2, 0) is 9.47 Å². The minimum Gasteiger partial charge on any atom is -0.352 e. The van der Waals surface area contributed by atoms with E-state index in [-0.39, 0.29) is 17.8 Å². The number of unbranched alkanes of at least 4 members (excludes halogenated alkanes) is 1. The maximum Gasteiger partial charge on any atom is 0.167 e. The molecule has 0 saturated heterocycles. The van der Waals surface area contributed by atoms with Gasteiger partial charge in [0.05, 0.1) is 11.4 Å². The lowest BCUT2D eigenvalue weighted by molar-refractivity contribution is -0.147. The summed E-state index contributed by atoms with van der Waals surface area (Å²) < 4.78 is 11.7. The molecule has 2 nitrogen and oxygen atoms in total. The molecule has 0 heterocycles. The Labute approximate surface area is 114 Å². The summed E-state index contributed by atoms with van der Waals surface area (Å²) in [5.74, 6) is 0. The number of allylic oxidation sites excluding steroid dienone is 1. The van der Waals surface area contributed by atoms with Crippen molar-refractivity contribution in [2.24, 2.45) is 5.41 Å². The molecule has 0 saturated carbocycles. The highest BCUT2D eigenvalue weighted by molar-refractivity contribution is 9.09. The molecule has 0 aromatic heterocycles. The molecule has 0 N–H and O–H groups in total. The maximum absolute atomic E-state index is 5.97. The fourth-order valence-corrected chi connectivity index (χ4v) is 2.33. The summed E-state index contributed by atoms with van der Waals surface area (Å²) >= 11 is 3.45. The first kappa shape index (κ1) is 15.2. The van der Waals surface area contributed by atoms with Crippen molar-refractivity contribution >= 4 is 15.9 Å². The molecule has 17 heavy (non-hydrogen) atoms. The average molecular weight is 305 g/mol. The van der Waals surface area contributed by atoms with Crippen molar-refractivity contribution in [1.29, 1.82) is 0 Å². The van der Waals surface area contributed by atoms with E-state index in [2.05, 4.69) is 49.7 Å². The van der Waals surface area contributed by atoms with Gasteiger partial charge in [0.2, 0.25) is 0 Å². The Morgan fingerprint density at radius 3 is 2.71 bits per heavy atom. The molecule has 2 atom stereocenters. The first-order valence-electron chi connectivity index (χ1n) is 6.51. The Morgan fingerprint density at radius 2 is 2.24 bits per heavy atom. The number of alkyl halides is 1. The number of ether oxygens (including phenoxy) is 2. The van der Waals surface area contributed by atoms with Gasteiger partial charge in [-0.2, -0.15) is 0 Å². The van der Waals surface area contributed by atoms with E-state index in [1.54, 1.807) is 0 Å². The van der Waals surface area contributed by atoms with E-state index in [4.69, 9.17) is 9.47 Å². The summed E-state index contributed by atoms with van der Waals surface area (Å²) in [6, 6.07) is 0. The summed E-state index contributed by atoms with van der Waals surface area (Å²) in [4.78, 5) is 0. The van der Waals surface area contributed by atoms with Gasteiger partial charge in [0.15, 0.2) is 6.29 Å². The van der Waals surface area contributed by atoms with Gasteiger partial charge in [-0.05, 0) is 25.2 Å². The minimum absolute atomic E-state index is 0.121. The van der Waals surface area contributed by atoms with Crippen molar-refractivity contribution in [3.05, 3.63) is 11.6 Å². The molecule has 0 bridgehead atoms. The van der Waals surface area contributed by atoms with Crippen molar-refractivity contribution in [2.45, 2.75) is 59.4 Å². The third kappa shape index (κ3) is 4.72. The van der Waals surface area contributed by atoms with Crippen LogP contribution in [0.1, 0.15) is 47.0 Å². The number of hydrogen-bond donors (Lipinski definition) is 0. The van der Waals surface area contributed by atoms with Crippen LogP contribution < -0.4 is 0 Å². The highest BCUT2D eigenvalue weighted by atomic mass is 79.9. The molecule has 0 radical (unpaired) electrons. The van der Waals surface area contributed by atoms with Crippen LogP contribution in [0.4, 0.5) is 0 Å². The van der Waals surface area contributed by atoms with Crippen LogP contribution in [-0.4, -0.2) is 24.3 Å². The molecule has 0 aromatic carbocycles. The Morgan fingerprint density at radius 1 is 1.53 bits per heavy atom. The van der Waals surface area contributed by atoms with Crippen LogP contribution in [0, 0.1) is 5.41 Å². The lowest BCUT2D eigenvalue weighted by Crippen LogP contribution is -2.26. The summed E-state index contributed by atoms with van der Waals surface area (Å²) in [7, 11) is 0. The van der Waals surface area contributed by atoms with E-state index in [0.29, 0.717) is 0 Å². The van der Waals surface area contributed by atoms with Crippen molar-refractivity contribution < 1.29 is 9.47 Å². The largest absolute Gasteiger partial charge is 0.352 e. The fraction of sp³-hybridized carbons (Fsp3) is 0.857. The van der Waals surface area contributed by atoms with Gasteiger partial charge in [0.25, 0.3) is 0 Å². The normalized spacial score (nSPS) is 24.8. The van der Waals surface area contributed by atoms with Gasteiger partial charge >= 0.3 is 0 Å². The predicted molar refractivity (Wildman–Crippen MR) is 75.5 cm³/mol. The quantitative estimate of drug-likeness (QED) is 0.302. The Kier molecular flexibility index (Phi) is 6.18. The minimum atomic E-state index is -0.121. The van der Waals surface area contributed by atoms with E-state index >= 15 is 0 Å². The molecule has 2 unspecified atom stereocenters. The molecule has 1 aliphatic rings. The first-order valence-corrected chi connectivity index (χ1v) is 7.63. The van der Waals surface area contributed by atoms with Crippen molar-refractivity contribution in [3.8, 4) is 0 Å². The Bertz CT molecular complexity index is 261. The van der Waals surface area contributed by atoms with Gasteiger partial charge in [-0.3, -0.25) is 0 Å². The second-order valence-corrected chi connectivity index (χ2v) is 6.07. The average Bonchev–Trinajstić information content (AvgIpc) is 2.51. The lowest BCUT2D eigenvalue weighted by atomic mass is 9.87. The number of hydrogen-bond acceptors (Lipinski definition) is 2. The van der Waals surface area contributed by atoms with Crippen LogP contribution >= 0.6 is 15.9 Å². The Hall–Kier alpha value is 0.140. The zero-order valence-electron chi connectivity index (χ0n) is 11.5. The van der Waals surface area contributed by atoms with Gasteiger partial charge in [-0.1, -0.05) is 54.8 Å². The standard InChI is InChI=1S/C14H25BrO2/c1-5-6-7-16-13(10-15)17-12-8-11(2)14(3,4)9-12/h8,12-13H,5-7,9-10H2,1-4H3. The number of halogens is 1. The highest BCUT2D eigenvalue weighted by Crippen LogP contribution is 2.39. The molecule has 0 aromatic rings. The second kappa shape index (κ2) is 6.91. The van der Waals surface area contributed by atoms with Crippen molar-refractivity contribution in [3.63, 3.8) is 0 Å². The molecular formula is C14H25BrO2. The molecule has 100 valence electrons. The predicted octanol–water partition coefficient (Wildman–Crippen LogP) is 4.29. The molecule has 0 fully saturated rings. The zero-order chi connectivity index (χ0) is 12.9. The third-order valence-electron chi connectivity index (χ3n) is 3.47. The monoisotopic (exact) mass is 304 g/mol. The maximum atomic E-state index is 5.97. The molecule has 3 heteroatoms. The fourth-order valence-electron chi connectivity index (χ4n) is 1.99. The van der Waals surface area contributed by atoms with E-state index in [9.17, 15) is 0 Å². The van der Waals surface area contributed by atoms with Gasteiger partial charge in [0.1, 0.15) is 0 Å². The molecule has 1 rings (SSSR count). The van der Waals surface area contributed by atoms with Crippen LogP contribution in [0.3, 0.4) is 0 Å². The van der Waals surface area contributed by atoms with E-state index < -0.39 is 0 Å². The molecule has 1 aliphatic carbocycles. The van der Waals surface area contributed by atoms with E-state index in [1.165, 1.54) is 5.57 Å². The van der Waals surface area contributed by atoms with Gasteiger partial charge < -0.3 is 9.47 Å². The SMILES string of the molecule is CCCCOC(CBr)OC1C=C(C)C(C)(C)C1. The first-order chi connectivity index (χ1) is 7.99. The lowest BCUT2D eigenvalue weighted by Gasteiger charge is -2.23. The molecule has 0 spiro atoms. The van der Waals surface area contributed by atoms with Crippen LogP contribution in [0.5, 0.6) is 0 Å². The summed E-state index contributed by atoms with van der Waals surface area (Å²) in [6.45, 7) is 9.67. The summed E-state index contributed by atoms with van der Waals surface area (Å²) in [6.07, 6.45) is 5.62. The second-order valence-electron chi connectivity index (χ2n) is 5.42. The third-order valence-corrected chi connectivity index (χ3v) is 4.00. The van der Waals surface area contributed by atoms with Gasteiger partial charge in [0, 0.05) is 6.61 Å². The van der Waals surface area contributed by atoms with Crippen LogP contribution in [0.15, 0.2) is 11.6 Å². The Balaban J connectivity index is 2.37. The van der Waals surface area contributed by atoms with Crippen LogP contribution in [0.25, 0.3) is 0 Å².